The first-order chi connectivity index (χ1) is 17.2. The summed E-state index contributed by atoms with van der Waals surface area (Å²) in [5.41, 5.74) is 2.70. The van der Waals surface area contributed by atoms with Crippen molar-refractivity contribution in [3.05, 3.63) is 93.9 Å². The van der Waals surface area contributed by atoms with E-state index in [1.54, 1.807) is 24.3 Å². The molecule has 1 amide bonds. The van der Waals surface area contributed by atoms with Gasteiger partial charge in [0.15, 0.2) is 0 Å². The molecule has 2 aromatic carbocycles. The highest BCUT2D eigenvalue weighted by Gasteiger charge is 2.47. The predicted octanol–water partition coefficient (Wildman–Crippen LogP) is 6.51. The fourth-order valence-corrected chi connectivity index (χ4v) is 4.79. The Morgan fingerprint density at radius 3 is 2.00 bits per heavy atom. The predicted molar refractivity (Wildman–Crippen MR) is 143 cm³/mol. The number of carbonyl (C=O) groups excluding carboxylic acids is 2. The number of Topliss-reactive ketones (excluding diaryl/α,β-unsaturated/α-hetero) is 1. The van der Waals surface area contributed by atoms with E-state index in [1.807, 2.05) is 72.7 Å². The highest BCUT2D eigenvalue weighted by atomic mass is 16.3. The number of likely N-dealkylation sites (tertiary alicyclic amines) is 1. The van der Waals surface area contributed by atoms with Gasteiger partial charge >= 0.3 is 0 Å². The number of carbonyl (C=O) groups is 2. The summed E-state index contributed by atoms with van der Waals surface area (Å²) in [6.07, 6.45) is 1.52. The normalized spacial score (nSPS) is 18.0. The molecule has 6 heteroatoms. The third-order valence-corrected chi connectivity index (χ3v) is 6.84. The second kappa shape index (κ2) is 9.25. The first-order valence-electron chi connectivity index (χ1n) is 12.5. The molecule has 4 rings (SSSR count). The third-order valence-electron chi connectivity index (χ3n) is 6.84. The number of aliphatic hydroxyl groups is 1. The van der Waals surface area contributed by atoms with Crippen LogP contribution in [-0.2, 0) is 27.0 Å². The molecule has 0 spiro atoms. The lowest BCUT2D eigenvalue weighted by molar-refractivity contribution is -0.140. The van der Waals surface area contributed by atoms with Crippen molar-refractivity contribution in [2.75, 3.05) is 0 Å². The summed E-state index contributed by atoms with van der Waals surface area (Å²) in [5, 5.41) is 22.7. The number of aromatic hydroxyl groups is 1. The summed E-state index contributed by atoms with van der Waals surface area (Å²) in [6, 6.07) is 13.5. The van der Waals surface area contributed by atoms with E-state index in [0.717, 1.165) is 5.56 Å². The molecule has 6 nitrogen and oxygen atoms in total. The number of aliphatic hydroxyl groups excluding tert-OH is 1. The molecule has 1 unspecified atom stereocenters. The standard InChI is InChI=1S/C31H35NO5/c1-18-10-12-19(13-11-18)26(33)24-25(32(29(36)28(24)35)17-21-9-8-14-37-21)20-15-22(30(2,3)4)27(34)23(16-20)31(5,6)7/h8-16,25,33-34H,17H2,1-7H3/b26-24+. The van der Waals surface area contributed by atoms with E-state index in [-0.39, 0.29) is 23.6 Å². The van der Waals surface area contributed by atoms with Crippen LogP contribution in [0.3, 0.4) is 0 Å². The molecule has 3 aromatic rings. The maximum Gasteiger partial charge on any atom is 0.296 e. The maximum atomic E-state index is 13.5. The van der Waals surface area contributed by atoms with Gasteiger partial charge in [-0.25, -0.2) is 0 Å². The molecule has 37 heavy (non-hydrogen) atoms. The van der Waals surface area contributed by atoms with E-state index in [4.69, 9.17) is 4.42 Å². The zero-order valence-electron chi connectivity index (χ0n) is 22.5. The average molecular weight is 502 g/mol. The SMILES string of the molecule is Cc1ccc(/C(O)=C2\C(=O)C(=O)N(Cc3ccco3)C2c2cc(C(C)(C)C)c(O)c(C(C)(C)C)c2)cc1. The van der Waals surface area contributed by atoms with Crippen molar-refractivity contribution in [3.63, 3.8) is 0 Å². The molecule has 1 aromatic heterocycles. The van der Waals surface area contributed by atoms with Crippen LogP contribution < -0.4 is 0 Å². The van der Waals surface area contributed by atoms with E-state index < -0.39 is 28.6 Å². The maximum absolute atomic E-state index is 13.5. The number of hydrogen-bond donors (Lipinski definition) is 2. The third kappa shape index (κ3) is 4.93. The summed E-state index contributed by atoms with van der Waals surface area (Å²) in [6.45, 7) is 14.0. The molecule has 0 bridgehead atoms. The number of phenols is 1. The Morgan fingerprint density at radius 2 is 1.51 bits per heavy atom. The van der Waals surface area contributed by atoms with Crippen LogP contribution in [0.25, 0.3) is 5.76 Å². The highest BCUT2D eigenvalue weighted by Crippen LogP contribution is 2.46. The lowest BCUT2D eigenvalue weighted by atomic mass is 9.77. The number of rotatable bonds is 4. The summed E-state index contributed by atoms with van der Waals surface area (Å²) >= 11 is 0. The Bertz CT molecular complexity index is 1330. The van der Waals surface area contributed by atoms with Gasteiger partial charge in [-0.2, -0.15) is 0 Å². The summed E-state index contributed by atoms with van der Waals surface area (Å²) in [4.78, 5) is 28.3. The van der Waals surface area contributed by atoms with Crippen molar-refractivity contribution in [2.45, 2.75) is 71.9 Å². The Balaban J connectivity index is 2.02. The molecule has 1 aliphatic rings. The van der Waals surface area contributed by atoms with Gasteiger partial charge < -0.3 is 19.5 Å². The monoisotopic (exact) mass is 501 g/mol. The van der Waals surface area contributed by atoms with Crippen molar-refractivity contribution >= 4 is 17.4 Å². The number of benzene rings is 2. The Kier molecular flexibility index (Phi) is 6.57. The zero-order chi connectivity index (χ0) is 27.3. The molecule has 0 aliphatic carbocycles. The molecule has 1 aliphatic heterocycles. The van der Waals surface area contributed by atoms with Crippen LogP contribution in [-0.4, -0.2) is 26.8 Å². The van der Waals surface area contributed by atoms with Crippen LogP contribution >= 0.6 is 0 Å². The minimum atomic E-state index is -0.866. The van der Waals surface area contributed by atoms with Crippen molar-refractivity contribution in [1.29, 1.82) is 0 Å². The van der Waals surface area contributed by atoms with Gasteiger partial charge in [-0.15, -0.1) is 0 Å². The summed E-state index contributed by atoms with van der Waals surface area (Å²) in [7, 11) is 0. The van der Waals surface area contributed by atoms with E-state index in [2.05, 4.69) is 0 Å². The van der Waals surface area contributed by atoms with Crippen LogP contribution in [0.4, 0.5) is 0 Å². The van der Waals surface area contributed by atoms with E-state index in [0.29, 0.717) is 28.0 Å². The quantitative estimate of drug-likeness (QED) is 0.242. The number of nitrogens with zero attached hydrogens (tertiary/aromatic N) is 1. The Morgan fingerprint density at radius 1 is 0.946 bits per heavy atom. The first-order valence-corrected chi connectivity index (χ1v) is 12.5. The van der Waals surface area contributed by atoms with Crippen molar-refractivity contribution in [1.82, 2.24) is 4.90 Å². The molecule has 0 saturated carbocycles. The van der Waals surface area contributed by atoms with Crippen molar-refractivity contribution < 1.29 is 24.2 Å². The minimum Gasteiger partial charge on any atom is -0.507 e. The molecule has 2 heterocycles. The average Bonchev–Trinajstić information content (AvgIpc) is 3.40. The van der Waals surface area contributed by atoms with Gasteiger partial charge in [0.05, 0.1) is 24.4 Å². The number of furan rings is 1. The van der Waals surface area contributed by atoms with Gasteiger partial charge in [0.1, 0.15) is 17.3 Å². The van der Waals surface area contributed by atoms with Gasteiger partial charge in [-0.3, -0.25) is 9.59 Å². The largest absolute Gasteiger partial charge is 0.507 e. The number of phenolic OH excluding ortho intramolecular Hbond substituents is 1. The van der Waals surface area contributed by atoms with Crippen LogP contribution in [0.5, 0.6) is 5.75 Å². The van der Waals surface area contributed by atoms with Crippen LogP contribution in [0.2, 0.25) is 0 Å². The molecule has 0 radical (unpaired) electrons. The van der Waals surface area contributed by atoms with E-state index in [1.165, 1.54) is 11.2 Å². The molecular formula is C31H35NO5. The lowest BCUT2D eigenvalue weighted by Crippen LogP contribution is -2.29. The molecule has 1 fully saturated rings. The minimum absolute atomic E-state index is 0.0193. The van der Waals surface area contributed by atoms with E-state index in [9.17, 15) is 19.8 Å². The van der Waals surface area contributed by atoms with Crippen LogP contribution in [0.1, 0.15) is 81.2 Å². The molecule has 2 N–H and O–H groups in total. The summed E-state index contributed by atoms with van der Waals surface area (Å²) < 4.78 is 5.51. The zero-order valence-corrected chi connectivity index (χ0v) is 22.5. The van der Waals surface area contributed by atoms with Gasteiger partial charge in [-0.1, -0.05) is 71.4 Å². The fourth-order valence-electron chi connectivity index (χ4n) is 4.79. The molecular weight excluding hydrogens is 466 g/mol. The molecule has 1 saturated heterocycles. The Labute approximate surface area is 218 Å². The van der Waals surface area contributed by atoms with Gasteiger partial charge in [0.25, 0.3) is 11.7 Å². The number of amides is 1. The topological polar surface area (TPSA) is 91.0 Å². The van der Waals surface area contributed by atoms with Crippen molar-refractivity contribution in [3.8, 4) is 5.75 Å². The van der Waals surface area contributed by atoms with Gasteiger partial charge in [0.2, 0.25) is 0 Å². The number of ketones is 1. The molecule has 1 atom stereocenters. The molecule has 194 valence electrons. The second-order valence-corrected chi connectivity index (χ2v) is 11.8. The van der Waals surface area contributed by atoms with Crippen LogP contribution in [0.15, 0.2) is 64.8 Å². The first kappa shape index (κ1) is 26.3. The second-order valence-electron chi connectivity index (χ2n) is 11.8. The van der Waals surface area contributed by atoms with E-state index >= 15 is 0 Å². The smallest absolute Gasteiger partial charge is 0.296 e. The van der Waals surface area contributed by atoms with Crippen molar-refractivity contribution in [2.24, 2.45) is 0 Å². The fraction of sp³-hybridized carbons (Fsp3) is 0.355. The van der Waals surface area contributed by atoms with Gasteiger partial charge in [0, 0.05) is 5.56 Å². The number of hydrogen-bond acceptors (Lipinski definition) is 5. The highest BCUT2D eigenvalue weighted by molar-refractivity contribution is 6.46. The summed E-state index contributed by atoms with van der Waals surface area (Å²) in [5.74, 6) is -0.971. The van der Waals surface area contributed by atoms with Gasteiger partial charge in [-0.05, 0) is 58.7 Å². The lowest BCUT2D eigenvalue weighted by Gasteiger charge is -2.31. The number of aryl methyl sites for hydroxylation is 1. The van der Waals surface area contributed by atoms with Crippen LogP contribution in [0, 0.1) is 6.92 Å². The Hall–Kier alpha value is -3.80.